The van der Waals surface area contributed by atoms with Crippen molar-refractivity contribution >= 4 is 38.8 Å². The molecular weight excluding hydrogens is 470 g/mol. The van der Waals surface area contributed by atoms with E-state index in [2.05, 4.69) is 97.6 Å². The molecule has 0 bridgehead atoms. The van der Waals surface area contributed by atoms with Gasteiger partial charge in [-0.15, -0.1) is 0 Å². The van der Waals surface area contributed by atoms with Gasteiger partial charge in [-0.3, -0.25) is 0 Å². The highest BCUT2D eigenvalue weighted by Crippen LogP contribution is 2.37. The van der Waals surface area contributed by atoms with E-state index in [9.17, 15) is 4.79 Å². The van der Waals surface area contributed by atoms with Gasteiger partial charge in [-0.05, 0) is 91.7 Å². The van der Waals surface area contributed by atoms with Gasteiger partial charge in [0.15, 0.2) is 0 Å². The first-order valence-corrected chi connectivity index (χ1v) is 12.6. The smallest absolute Gasteiger partial charge is 0.344 e. The molecule has 6 aromatic rings. The molecule has 0 radical (unpaired) electrons. The van der Waals surface area contributed by atoms with Gasteiger partial charge in [0.1, 0.15) is 11.3 Å². The van der Waals surface area contributed by atoms with E-state index in [0.717, 1.165) is 39.0 Å². The van der Waals surface area contributed by atoms with Gasteiger partial charge in [-0.25, -0.2) is 4.79 Å². The molecule has 0 unspecified atom stereocenters. The van der Waals surface area contributed by atoms with E-state index in [4.69, 9.17) is 9.15 Å². The molecule has 0 aliphatic heterocycles. The fourth-order valence-electron chi connectivity index (χ4n) is 4.88. The third-order valence-corrected chi connectivity index (χ3v) is 6.94. The Morgan fingerprint density at radius 2 is 1.24 bits per heavy atom. The number of benzene rings is 5. The molecule has 186 valence electrons. The Morgan fingerprint density at radius 1 is 0.605 bits per heavy atom. The van der Waals surface area contributed by atoms with Gasteiger partial charge in [0, 0.05) is 27.8 Å². The predicted molar refractivity (Wildman–Crippen MR) is 156 cm³/mol. The topological polar surface area (TPSA) is 42.7 Å². The van der Waals surface area contributed by atoms with E-state index >= 15 is 0 Å². The monoisotopic (exact) mass is 497 g/mol. The Bertz CT molecular complexity index is 1790. The van der Waals surface area contributed by atoms with Crippen LogP contribution in [-0.4, -0.2) is 7.11 Å². The maximum atomic E-state index is 12.8. The van der Waals surface area contributed by atoms with E-state index in [1.807, 2.05) is 24.3 Å². The van der Waals surface area contributed by atoms with Crippen molar-refractivity contribution in [1.29, 1.82) is 0 Å². The molecular formula is C34H27NO3. The molecule has 0 N–H and O–H groups in total. The van der Waals surface area contributed by atoms with Crippen molar-refractivity contribution in [3.8, 4) is 16.9 Å². The third kappa shape index (κ3) is 4.31. The Kier molecular flexibility index (Phi) is 5.93. The fourth-order valence-corrected chi connectivity index (χ4v) is 4.88. The summed E-state index contributed by atoms with van der Waals surface area (Å²) < 4.78 is 11.0. The molecule has 38 heavy (non-hydrogen) atoms. The molecule has 0 aliphatic rings. The zero-order valence-electron chi connectivity index (χ0n) is 21.6. The molecule has 4 heteroatoms. The minimum Gasteiger partial charge on any atom is -0.497 e. The van der Waals surface area contributed by atoms with Crippen molar-refractivity contribution in [3.05, 3.63) is 131 Å². The van der Waals surface area contributed by atoms with Crippen LogP contribution in [0.5, 0.6) is 5.75 Å². The highest BCUT2D eigenvalue weighted by molar-refractivity contribution is 6.05. The van der Waals surface area contributed by atoms with Gasteiger partial charge in [0.2, 0.25) is 0 Å². The van der Waals surface area contributed by atoms with Gasteiger partial charge < -0.3 is 14.1 Å². The van der Waals surface area contributed by atoms with E-state index in [0.29, 0.717) is 16.7 Å². The molecule has 1 aromatic heterocycles. The Morgan fingerprint density at radius 3 is 1.89 bits per heavy atom. The van der Waals surface area contributed by atoms with Crippen LogP contribution in [0.2, 0.25) is 0 Å². The zero-order chi connectivity index (χ0) is 26.2. The van der Waals surface area contributed by atoms with Crippen LogP contribution in [0.3, 0.4) is 0 Å². The summed E-state index contributed by atoms with van der Waals surface area (Å²) in [6, 6.07) is 37.1. The number of nitrogens with zero attached hydrogens (tertiary/aromatic N) is 1. The first kappa shape index (κ1) is 23.6. The van der Waals surface area contributed by atoms with E-state index in [1.54, 1.807) is 13.2 Å². The number of hydrogen-bond acceptors (Lipinski definition) is 4. The molecule has 5 aromatic carbocycles. The number of rotatable bonds is 5. The average Bonchev–Trinajstić information content (AvgIpc) is 2.95. The summed E-state index contributed by atoms with van der Waals surface area (Å²) in [7, 11) is 1.59. The molecule has 4 nitrogen and oxygen atoms in total. The Balaban J connectivity index is 1.47. The van der Waals surface area contributed by atoms with Crippen LogP contribution in [0.4, 0.5) is 17.1 Å². The second-order valence-electron chi connectivity index (χ2n) is 9.57. The molecule has 0 fully saturated rings. The SMILES string of the molecule is COc1ccc2c(c1)c(=O)oc1cc(-c3cccc(N(c4ccc(C)cc4)c4ccc(C)cc4)c3)ccc12. The van der Waals surface area contributed by atoms with Gasteiger partial charge in [0.25, 0.3) is 0 Å². The van der Waals surface area contributed by atoms with Gasteiger partial charge in [-0.1, -0.05) is 53.6 Å². The van der Waals surface area contributed by atoms with Crippen LogP contribution in [-0.2, 0) is 0 Å². The van der Waals surface area contributed by atoms with Crippen molar-refractivity contribution in [3.63, 3.8) is 0 Å². The van der Waals surface area contributed by atoms with Crippen LogP contribution >= 0.6 is 0 Å². The Labute approximate surface area is 221 Å². The fraction of sp³-hybridized carbons (Fsp3) is 0.0882. The minimum atomic E-state index is -0.373. The van der Waals surface area contributed by atoms with Crippen molar-refractivity contribution in [2.75, 3.05) is 12.0 Å². The summed E-state index contributed by atoms with van der Waals surface area (Å²) in [4.78, 5) is 15.0. The lowest BCUT2D eigenvalue weighted by Gasteiger charge is -2.26. The van der Waals surface area contributed by atoms with Gasteiger partial charge in [-0.2, -0.15) is 0 Å². The minimum absolute atomic E-state index is 0.373. The molecule has 0 amide bonds. The normalized spacial score (nSPS) is 11.1. The summed E-state index contributed by atoms with van der Waals surface area (Å²) in [5.74, 6) is 0.629. The van der Waals surface area contributed by atoms with Gasteiger partial charge in [0.05, 0.1) is 12.5 Å². The lowest BCUT2D eigenvalue weighted by molar-refractivity contribution is 0.415. The van der Waals surface area contributed by atoms with Crippen LogP contribution in [0, 0.1) is 13.8 Å². The summed E-state index contributed by atoms with van der Waals surface area (Å²) >= 11 is 0. The quantitative estimate of drug-likeness (QED) is 0.176. The maximum Gasteiger partial charge on any atom is 0.344 e. The highest BCUT2D eigenvalue weighted by Gasteiger charge is 2.14. The second kappa shape index (κ2) is 9.56. The molecule has 0 saturated carbocycles. The van der Waals surface area contributed by atoms with Gasteiger partial charge >= 0.3 is 5.63 Å². The summed E-state index contributed by atoms with van der Waals surface area (Å²) in [5, 5.41) is 2.25. The van der Waals surface area contributed by atoms with Crippen LogP contribution in [0.15, 0.2) is 118 Å². The van der Waals surface area contributed by atoms with Crippen molar-refractivity contribution in [2.24, 2.45) is 0 Å². The zero-order valence-corrected chi connectivity index (χ0v) is 21.6. The average molecular weight is 498 g/mol. The summed E-state index contributed by atoms with van der Waals surface area (Å²) in [6.45, 7) is 4.19. The number of hydrogen-bond donors (Lipinski definition) is 0. The second-order valence-corrected chi connectivity index (χ2v) is 9.57. The first-order valence-electron chi connectivity index (χ1n) is 12.6. The molecule has 1 heterocycles. The summed E-state index contributed by atoms with van der Waals surface area (Å²) in [5.41, 5.74) is 7.85. The maximum absolute atomic E-state index is 12.8. The third-order valence-electron chi connectivity index (χ3n) is 6.94. The molecule has 0 spiro atoms. The largest absolute Gasteiger partial charge is 0.497 e. The lowest BCUT2D eigenvalue weighted by atomic mass is 10.0. The number of ether oxygens (including phenoxy) is 1. The number of methoxy groups -OCH3 is 1. The molecule has 6 rings (SSSR count). The van der Waals surface area contributed by atoms with E-state index < -0.39 is 0 Å². The summed E-state index contributed by atoms with van der Waals surface area (Å²) in [6.07, 6.45) is 0. The van der Waals surface area contributed by atoms with Crippen molar-refractivity contribution in [2.45, 2.75) is 13.8 Å². The molecule has 0 atom stereocenters. The standard InChI is InChI=1S/C34H27NO3/c1-22-7-12-26(13-8-22)35(27-14-9-23(2)10-15-27)28-6-4-5-24(19-28)25-11-17-31-30-18-16-29(37-3)21-32(30)34(36)38-33(31)20-25/h4-21H,1-3H3. The lowest BCUT2D eigenvalue weighted by Crippen LogP contribution is -2.10. The van der Waals surface area contributed by atoms with E-state index in [1.165, 1.54) is 11.1 Å². The predicted octanol–water partition coefficient (Wildman–Crippen LogP) is 8.71. The molecule has 0 saturated heterocycles. The number of anilines is 3. The first-order chi connectivity index (χ1) is 18.5. The van der Waals surface area contributed by atoms with Crippen molar-refractivity contribution < 1.29 is 9.15 Å². The molecule has 0 aliphatic carbocycles. The highest BCUT2D eigenvalue weighted by atomic mass is 16.5. The van der Waals surface area contributed by atoms with E-state index in [-0.39, 0.29) is 5.63 Å². The van der Waals surface area contributed by atoms with Crippen LogP contribution < -0.4 is 15.3 Å². The van der Waals surface area contributed by atoms with Crippen molar-refractivity contribution in [1.82, 2.24) is 0 Å². The Hall–Kier alpha value is -4.83. The number of fused-ring (bicyclic) bond motifs is 3. The van der Waals surface area contributed by atoms with Crippen LogP contribution in [0.25, 0.3) is 32.9 Å². The van der Waals surface area contributed by atoms with Crippen LogP contribution in [0.1, 0.15) is 11.1 Å². The number of aryl methyl sites for hydroxylation is 2.